The van der Waals surface area contributed by atoms with Crippen molar-refractivity contribution < 1.29 is 14.3 Å². The molecular weight excluding hydrogens is 342 g/mol. The number of rotatable bonds is 3. The molecule has 1 aromatic heterocycles. The van der Waals surface area contributed by atoms with E-state index in [1.54, 1.807) is 29.1 Å². The minimum absolute atomic E-state index is 0.0311. The zero-order valence-electron chi connectivity index (χ0n) is 15.6. The van der Waals surface area contributed by atoms with E-state index in [2.05, 4.69) is 11.1 Å². The third-order valence-corrected chi connectivity index (χ3v) is 5.44. The molecule has 2 atom stereocenters. The number of likely N-dealkylation sites (tertiary alicyclic amines) is 1. The molecular formula is C21H23N3O3. The topological polar surface area (TPSA) is 62.7 Å². The first-order chi connectivity index (χ1) is 13.0. The van der Waals surface area contributed by atoms with Crippen LogP contribution in [-0.4, -0.2) is 47.9 Å². The van der Waals surface area contributed by atoms with E-state index >= 15 is 0 Å². The number of para-hydroxylation sites is 1. The summed E-state index contributed by atoms with van der Waals surface area (Å²) >= 11 is 0. The van der Waals surface area contributed by atoms with Crippen molar-refractivity contribution in [1.82, 2.24) is 9.88 Å². The normalized spacial score (nSPS) is 21.9. The molecule has 1 aromatic carbocycles. The quantitative estimate of drug-likeness (QED) is 0.838. The number of pyridine rings is 1. The van der Waals surface area contributed by atoms with E-state index in [9.17, 15) is 9.59 Å². The fraction of sp³-hybridized carbons (Fsp3) is 0.381. The number of hydrogen-bond acceptors (Lipinski definition) is 4. The summed E-state index contributed by atoms with van der Waals surface area (Å²) in [6.45, 7) is 2.89. The van der Waals surface area contributed by atoms with Gasteiger partial charge in [-0.25, -0.2) is 0 Å². The van der Waals surface area contributed by atoms with Crippen molar-refractivity contribution in [3.63, 3.8) is 0 Å². The van der Waals surface area contributed by atoms with Crippen LogP contribution in [0.4, 0.5) is 5.69 Å². The highest BCUT2D eigenvalue weighted by molar-refractivity contribution is 6.00. The van der Waals surface area contributed by atoms with Gasteiger partial charge in [-0.3, -0.25) is 14.6 Å². The lowest BCUT2D eigenvalue weighted by molar-refractivity contribution is -0.128. The average molecular weight is 365 g/mol. The highest BCUT2D eigenvalue weighted by Crippen LogP contribution is 2.35. The molecule has 0 N–H and O–H groups in total. The largest absolute Gasteiger partial charge is 0.487 e. The predicted molar refractivity (Wildman–Crippen MR) is 102 cm³/mol. The molecule has 0 radical (unpaired) electrons. The van der Waals surface area contributed by atoms with Gasteiger partial charge in [-0.1, -0.05) is 18.2 Å². The summed E-state index contributed by atoms with van der Waals surface area (Å²) in [6.07, 6.45) is 4.85. The molecule has 2 aliphatic heterocycles. The van der Waals surface area contributed by atoms with Crippen LogP contribution in [0.5, 0.6) is 5.75 Å². The van der Waals surface area contributed by atoms with Gasteiger partial charge in [-0.05, 0) is 29.7 Å². The predicted octanol–water partition coefficient (Wildman–Crippen LogP) is 2.38. The van der Waals surface area contributed by atoms with Crippen LogP contribution in [0.15, 0.2) is 42.7 Å². The van der Waals surface area contributed by atoms with Gasteiger partial charge in [-0.15, -0.1) is 0 Å². The first-order valence-corrected chi connectivity index (χ1v) is 9.25. The van der Waals surface area contributed by atoms with Gasteiger partial charge in [0.15, 0.2) is 0 Å². The van der Waals surface area contributed by atoms with Crippen molar-refractivity contribution >= 4 is 17.5 Å². The Bertz CT molecular complexity index is 882. The second-order valence-electron chi connectivity index (χ2n) is 7.23. The third-order valence-electron chi connectivity index (χ3n) is 5.44. The molecule has 6 nitrogen and oxygen atoms in total. The van der Waals surface area contributed by atoms with E-state index in [0.717, 1.165) is 29.8 Å². The van der Waals surface area contributed by atoms with Crippen molar-refractivity contribution in [2.45, 2.75) is 31.8 Å². The summed E-state index contributed by atoms with van der Waals surface area (Å²) in [5, 5.41) is 0. The van der Waals surface area contributed by atoms with Crippen LogP contribution in [-0.2, 0) is 16.0 Å². The van der Waals surface area contributed by atoms with E-state index in [1.807, 2.05) is 31.3 Å². The lowest BCUT2D eigenvalue weighted by atomic mass is 9.87. The van der Waals surface area contributed by atoms with Crippen LogP contribution in [0.2, 0.25) is 0 Å². The van der Waals surface area contributed by atoms with Gasteiger partial charge in [0.25, 0.3) is 0 Å². The van der Waals surface area contributed by atoms with E-state index in [-0.39, 0.29) is 23.8 Å². The number of fused-ring (bicyclic) bond motifs is 1. The van der Waals surface area contributed by atoms with E-state index in [0.29, 0.717) is 18.7 Å². The summed E-state index contributed by atoms with van der Waals surface area (Å²) in [7, 11) is 1.82. The van der Waals surface area contributed by atoms with Gasteiger partial charge in [-0.2, -0.15) is 0 Å². The number of aromatic nitrogens is 1. The molecule has 0 saturated carbocycles. The van der Waals surface area contributed by atoms with Gasteiger partial charge in [0, 0.05) is 38.8 Å². The fourth-order valence-corrected chi connectivity index (χ4v) is 3.92. The second kappa shape index (κ2) is 7.02. The minimum atomic E-state index is -0.266. The molecule has 2 amide bonds. The van der Waals surface area contributed by atoms with Crippen LogP contribution in [0, 0.1) is 0 Å². The molecule has 1 unspecified atom stereocenters. The van der Waals surface area contributed by atoms with Crippen molar-refractivity contribution in [2.24, 2.45) is 0 Å². The maximum atomic E-state index is 12.9. The first-order valence-electron chi connectivity index (χ1n) is 9.25. The van der Waals surface area contributed by atoms with Crippen molar-refractivity contribution in [3.8, 4) is 5.75 Å². The van der Waals surface area contributed by atoms with Gasteiger partial charge in [0.05, 0.1) is 18.7 Å². The van der Waals surface area contributed by atoms with Crippen LogP contribution in [0.1, 0.15) is 30.4 Å². The minimum Gasteiger partial charge on any atom is -0.487 e. The maximum absolute atomic E-state index is 12.9. The van der Waals surface area contributed by atoms with E-state index in [1.165, 1.54) is 0 Å². The molecule has 3 heterocycles. The van der Waals surface area contributed by atoms with Crippen LogP contribution < -0.4 is 9.64 Å². The SMILES string of the molecule is CC(=O)N1CC[C@H](Oc2cncc(C3Cc4ccccc4N(C)C3=O)c2)C1. The van der Waals surface area contributed by atoms with Crippen LogP contribution in [0.3, 0.4) is 0 Å². The molecule has 6 heteroatoms. The summed E-state index contributed by atoms with van der Waals surface area (Å²) in [4.78, 5) is 32.2. The number of amides is 2. The monoisotopic (exact) mass is 365 g/mol. The Balaban J connectivity index is 1.53. The number of anilines is 1. The van der Waals surface area contributed by atoms with Crippen molar-refractivity contribution in [1.29, 1.82) is 0 Å². The number of ether oxygens (including phenoxy) is 1. The van der Waals surface area contributed by atoms with Gasteiger partial charge < -0.3 is 14.5 Å². The summed E-state index contributed by atoms with van der Waals surface area (Å²) < 4.78 is 6.04. The first kappa shape index (κ1) is 17.5. The summed E-state index contributed by atoms with van der Waals surface area (Å²) in [5.74, 6) is 0.522. The Labute approximate surface area is 158 Å². The number of benzene rings is 1. The van der Waals surface area contributed by atoms with Crippen molar-refractivity contribution in [2.75, 3.05) is 25.0 Å². The molecule has 0 spiro atoms. The average Bonchev–Trinajstić information content (AvgIpc) is 3.14. The summed E-state index contributed by atoms with van der Waals surface area (Å²) in [5.41, 5.74) is 2.98. The highest BCUT2D eigenvalue weighted by atomic mass is 16.5. The Kier molecular flexibility index (Phi) is 4.56. The molecule has 4 rings (SSSR count). The number of likely N-dealkylation sites (N-methyl/N-ethyl adjacent to an activating group) is 1. The van der Waals surface area contributed by atoms with E-state index < -0.39 is 0 Å². The Morgan fingerprint density at radius 2 is 2.07 bits per heavy atom. The fourth-order valence-electron chi connectivity index (χ4n) is 3.92. The van der Waals surface area contributed by atoms with Gasteiger partial charge in [0.1, 0.15) is 11.9 Å². The third kappa shape index (κ3) is 3.39. The maximum Gasteiger partial charge on any atom is 0.234 e. The molecule has 2 aromatic rings. The zero-order chi connectivity index (χ0) is 19.0. The van der Waals surface area contributed by atoms with Crippen molar-refractivity contribution in [3.05, 3.63) is 53.9 Å². The Morgan fingerprint density at radius 1 is 1.26 bits per heavy atom. The standard InChI is InChI=1S/C21H23N3O3/c1-14(25)24-8-7-17(13-24)27-18-9-16(11-22-12-18)19-10-15-5-3-4-6-20(15)23(2)21(19)26/h3-6,9,11-12,17,19H,7-8,10,13H2,1-2H3/t17-,19?/m0/s1. The molecule has 140 valence electrons. The summed E-state index contributed by atoms with van der Waals surface area (Å²) in [6, 6.07) is 9.90. The Morgan fingerprint density at radius 3 is 2.85 bits per heavy atom. The lowest BCUT2D eigenvalue weighted by Gasteiger charge is -2.31. The number of carbonyl (C=O) groups excluding carboxylic acids is 2. The van der Waals surface area contributed by atoms with Crippen LogP contribution >= 0.6 is 0 Å². The number of hydrogen-bond donors (Lipinski definition) is 0. The molecule has 2 aliphatic rings. The van der Waals surface area contributed by atoms with Crippen LogP contribution in [0.25, 0.3) is 0 Å². The molecule has 1 fully saturated rings. The number of carbonyl (C=O) groups is 2. The molecule has 0 aliphatic carbocycles. The van der Waals surface area contributed by atoms with E-state index in [4.69, 9.17) is 4.74 Å². The smallest absolute Gasteiger partial charge is 0.234 e. The Hall–Kier alpha value is -2.89. The van der Waals surface area contributed by atoms with Gasteiger partial charge >= 0.3 is 0 Å². The van der Waals surface area contributed by atoms with Gasteiger partial charge in [0.2, 0.25) is 11.8 Å². The second-order valence-corrected chi connectivity index (χ2v) is 7.23. The highest BCUT2D eigenvalue weighted by Gasteiger charge is 2.32. The zero-order valence-corrected chi connectivity index (χ0v) is 15.6. The molecule has 0 bridgehead atoms. The molecule has 1 saturated heterocycles. The number of nitrogens with zero attached hydrogens (tertiary/aromatic N) is 3. The lowest BCUT2D eigenvalue weighted by Crippen LogP contribution is -2.37. The molecule has 27 heavy (non-hydrogen) atoms.